The van der Waals surface area contributed by atoms with Crippen molar-refractivity contribution in [1.82, 2.24) is 0 Å². The minimum absolute atomic E-state index is 0.107. The smallest absolute Gasteiger partial charge is 0.262 e. The fourth-order valence-corrected chi connectivity index (χ4v) is 2.78. The predicted molar refractivity (Wildman–Crippen MR) is 116 cm³/mol. The standard InChI is InChI=1S/C24H24N2O3/c1-3-18-8-12-20(13-9-18)25-23(27)16-29-21-14-10-19(11-15-21)24(28)26-22-7-5-4-6-17(22)2/h4-15H,3,16H2,1-2H3,(H,25,27)(H,26,28). The third-order valence-electron chi connectivity index (χ3n) is 4.53. The van der Waals surface area contributed by atoms with Gasteiger partial charge in [-0.2, -0.15) is 0 Å². The number of hydrogen-bond acceptors (Lipinski definition) is 3. The average molecular weight is 388 g/mol. The fourth-order valence-electron chi connectivity index (χ4n) is 2.78. The monoisotopic (exact) mass is 388 g/mol. The van der Waals surface area contributed by atoms with Crippen molar-refractivity contribution in [2.45, 2.75) is 20.3 Å². The lowest BCUT2D eigenvalue weighted by molar-refractivity contribution is -0.118. The second-order valence-corrected chi connectivity index (χ2v) is 6.68. The first-order chi connectivity index (χ1) is 14.0. The van der Waals surface area contributed by atoms with Gasteiger partial charge in [-0.1, -0.05) is 37.3 Å². The molecule has 2 amide bonds. The molecule has 0 saturated carbocycles. The Labute approximate surface area is 170 Å². The first kappa shape index (κ1) is 20.1. The topological polar surface area (TPSA) is 67.4 Å². The lowest BCUT2D eigenvalue weighted by Crippen LogP contribution is -2.20. The highest BCUT2D eigenvalue weighted by Gasteiger charge is 2.09. The molecular formula is C24H24N2O3. The van der Waals surface area contributed by atoms with Crippen molar-refractivity contribution < 1.29 is 14.3 Å². The van der Waals surface area contributed by atoms with E-state index >= 15 is 0 Å². The number of rotatable bonds is 7. The van der Waals surface area contributed by atoms with Gasteiger partial charge in [-0.15, -0.1) is 0 Å². The van der Waals surface area contributed by atoms with Gasteiger partial charge in [0, 0.05) is 16.9 Å². The molecule has 0 saturated heterocycles. The number of aryl methyl sites for hydroxylation is 2. The zero-order valence-corrected chi connectivity index (χ0v) is 16.6. The second kappa shape index (κ2) is 9.55. The van der Waals surface area contributed by atoms with Gasteiger partial charge in [-0.3, -0.25) is 9.59 Å². The van der Waals surface area contributed by atoms with Crippen LogP contribution in [0.25, 0.3) is 0 Å². The van der Waals surface area contributed by atoms with Crippen molar-refractivity contribution in [3.8, 4) is 5.75 Å². The summed E-state index contributed by atoms with van der Waals surface area (Å²) in [6.07, 6.45) is 0.955. The molecule has 3 rings (SSSR count). The van der Waals surface area contributed by atoms with Crippen LogP contribution in [0.15, 0.2) is 72.8 Å². The van der Waals surface area contributed by atoms with Crippen molar-refractivity contribution >= 4 is 23.2 Å². The van der Waals surface area contributed by atoms with Crippen LogP contribution in [0.2, 0.25) is 0 Å². The Morgan fingerprint density at radius 1 is 0.862 bits per heavy atom. The first-order valence-electron chi connectivity index (χ1n) is 9.54. The summed E-state index contributed by atoms with van der Waals surface area (Å²) >= 11 is 0. The minimum atomic E-state index is -0.240. The maximum absolute atomic E-state index is 12.4. The van der Waals surface area contributed by atoms with E-state index in [0.717, 1.165) is 23.4 Å². The van der Waals surface area contributed by atoms with Crippen LogP contribution >= 0.6 is 0 Å². The quantitative estimate of drug-likeness (QED) is 0.609. The SMILES string of the molecule is CCc1ccc(NC(=O)COc2ccc(C(=O)Nc3ccccc3C)cc2)cc1. The molecule has 29 heavy (non-hydrogen) atoms. The third kappa shape index (κ3) is 5.69. The maximum Gasteiger partial charge on any atom is 0.262 e. The molecule has 3 aromatic carbocycles. The molecule has 0 aliphatic carbocycles. The lowest BCUT2D eigenvalue weighted by atomic mass is 10.1. The van der Waals surface area contributed by atoms with E-state index in [0.29, 0.717) is 11.3 Å². The largest absolute Gasteiger partial charge is 0.484 e. The summed E-state index contributed by atoms with van der Waals surface area (Å²) in [6.45, 7) is 3.92. The Hall–Kier alpha value is -3.60. The van der Waals surface area contributed by atoms with Crippen molar-refractivity contribution in [2.75, 3.05) is 17.2 Å². The summed E-state index contributed by atoms with van der Waals surface area (Å²) in [5.41, 5.74) is 4.24. The fraction of sp³-hybridized carbons (Fsp3) is 0.167. The molecule has 2 N–H and O–H groups in total. The van der Waals surface area contributed by atoms with E-state index in [9.17, 15) is 9.59 Å². The van der Waals surface area contributed by atoms with Crippen LogP contribution in [0.4, 0.5) is 11.4 Å². The second-order valence-electron chi connectivity index (χ2n) is 6.68. The average Bonchev–Trinajstić information content (AvgIpc) is 2.75. The van der Waals surface area contributed by atoms with Crippen LogP contribution in [0.5, 0.6) is 5.75 Å². The van der Waals surface area contributed by atoms with Gasteiger partial charge in [-0.05, 0) is 66.9 Å². The molecular weight excluding hydrogens is 364 g/mol. The molecule has 0 radical (unpaired) electrons. The summed E-state index contributed by atoms with van der Waals surface area (Å²) in [5.74, 6) is 0.0867. The van der Waals surface area contributed by atoms with Gasteiger partial charge >= 0.3 is 0 Å². The molecule has 0 aliphatic rings. The summed E-state index contributed by atoms with van der Waals surface area (Å²) in [6, 6.07) is 22.0. The number of ether oxygens (including phenoxy) is 1. The first-order valence-corrected chi connectivity index (χ1v) is 9.54. The molecule has 3 aromatic rings. The summed E-state index contributed by atoms with van der Waals surface area (Å²) in [4.78, 5) is 24.4. The molecule has 5 nitrogen and oxygen atoms in total. The van der Waals surface area contributed by atoms with Gasteiger partial charge < -0.3 is 15.4 Å². The highest BCUT2D eigenvalue weighted by atomic mass is 16.5. The molecule has 0 heterocycles. The van der Waals surface area contributed by atoms with Crippen molar-refractivity contribution in [3.05, 3.63) is 89.5 Å². The molecule has 0 unspecified atom stereocenters. The molecule has 148 valence electrons. The van der Waals surface area contributed by atoms with E-state index < -0.39 is 0 Å². The van der Waals surface area contributed by atoms with Crippen LogP contribution in [0.1, 0.15) is 28.4 Å². The molecule has 5 heteroatoms. The van der Waals surface area contributed by atoms with E-state index in [4.69, 9.17) is 4.74 Å². The van der Waals surface area contributed by atoms with Crippen molar-refractivity contribution in [1.29, 1.82) is 0 Å². The number of para-hydroxylation sites is 1. The number of carbonyl (C=O) groups excluding carboxylic acids is 2. The van der Waals surface area contributed by atoms with Crippen LogP contribution in [0, 0.1) is 6.92 Å². The number of nitrogens with one attached hydrogen (secondary N) is 2. The highest BCUT2D eigenvalue weighted by molar-refractivity contribution is 6.04. The van der Waals surface area contributed by atoms with Gasteiger partial charge in [0.25, 0.3) is 11.8 Å². The van der Waals surface area contributed by atoms with E-state index in [1.807, 2.05) is 55.5 Å². The Bertz CT molecular complexity index is 980. The van der Waals surface area contributed by atoms with Crippen LogP contribution in [-0.2, 0) is 11.2 Å². The van der Waals surface area contributed by atoms with Crippen molar-refractivity contribution in [2.24, 2.45) is 0 Å². The van der Waals surface area contributed by atoms with E-state index in [2.05, 4.69) is 17.6 Å². The Balaban J connectivity index is 1.51. The van der Waals surface area contributed by atoms with E-state index in [-0.39, 0.29) is 18.4 Å². The normalized spacial score (nSPS) is 10.3. The molecule has 0 aliphatic heterocycles. The van der Waals surface area contributed by atoms with Gasteiger partial charge in [0.1, 0.15) is 5.75 Å². The number of benzene rings is 3. The molecule has 0 aromatic heterocycles. The van der Waals surface area contributed by atoms with Crippen LogP contribution < -0.4 is 15.4 Å². The van der Waals surface area contributed by atoms with Gasteiger partial charge in [0.2, 0.25) is 0 Å². The number of anilines is 2. The number of hydrogen-bond donors (Lipinski definition) is 2. The number of carbonyl (C=O) groups is 2. The van der Waals surface area contributed by atoms with Crippen LogP contribution in [0.3, 0.4) is 0 Å². The highest BCUT2D eigenvalue weighted by Crippen LogP contribution is 2.17. The summed E-state index contributed by atoms with van der Waals surface area (Å²) in [7, 11) is 0. The summed E-state index contributed by atoms with van der Waals surface area (Å²) < 4.78 is 5.51. The van der Waals surface area contributed by atoms with Gasteiger partial charge in [0.05, 0.1) is 0 Å². The molecule has 0 bridgehead atoms. The Kier molecular flexibility index (Phi) is 6.63. The van der Waals surface area contributed by atoms with E-state index in [1.165, 1.54) is 5.56 Å². The molecule has 0 spiro atoms. The lowest BCUT2D eigenvalue weighted by Gasteiger charge is -2.10. The Morgan fingerprint density at radius 3 is 2.21 bits per heavy atom. The van der Waals surface area contributed by atoms with Gasteiger partial charge in [0.15, 0.2) is 6.61 Å². The minimum Gasteiger partial charge on any atom is -0.484 e. The predicted octanol–water partition coefficient (Wildman–Crippen LogP) is 4.83. The zero-order valence-electron chi connectivity index (χ0n) is 16.6. The van der Waals surface area contributed by atoms with E-state index in [1.54, 1.807) is 24.3 Å². The van der Waals surface area contributed by atoms with Gasteiger partial charge in [-0.25, -0.2) is 0 Å². The Morgan fingerprint density at radius 2 is 1.55 bits per heavy atom. The van der Waals surface area contributed by atoms with Crippen LogP contribution in [-0.4, -0.2) is 18.4 Å². The van der Waals surface area contributed by atoms with Crippen molar-refractivity contribution in [3.63, 3.8) is 0 Å². The maximum atomic E-state index is 12.4. The molecule has 0 fully saturated rings. The number of amides is 2. The summed E-state index contributed by atoms with van der Waals surface area (Å²) in [5, 5.41) is 5.69. The zero-order chi connectivity index (χ0) is 20.6. The molecule has 0 atom stereocenters. The third-order valence-corrected chi connectivity index (χ3v) is 4.53.